The average Bonchev–Trinajstić information content (AvgIpc) is 2.92. The van der Waals surface area contributed by atoms with Crippen LogP contribution in [0.1, 0.15) is 38.5 Å². The summed E-state index contributed by atoms with van der Waals surface area (Å²) in [5.41, 5.74) is -0.726. The van der Waals surface area contributed by atoms with E-state index in [1.165, 1.54) is 0 Å². The maximum atomic E-state index is 12.8. The van der Waals surface area contributed by atoms with Gasteiger partial charge in [-0.25, -0.2) is 4.98 Å². The number of rotatable bonds is 4. The third-order valence-electron chi connectivity index (χ3n) is 4.76. The molecular formula is C20H14F3N3O3. The van der Waals surface area contributed by atoms with Crippen molar-refractivity contribution in [3.8, 4) is 0 Å². The van der Waals surface area contributed by atoms with Gasteiger partial charge in [0.15, 0.2) is 0 Å². The summed E-state index contributed by atoms with van der Waals surface area (Å²) in [7, 11) is 0. The molecule has 6 nitrogen and oxygen atoms in total. The first-order valence-corrected chi connectivity index (χ1v) is 8.81. The van der Waals surface area contributed by atoms with Crippen molar-refractivity contribution in [2.45, 2.75) is 19.0 Å². The van der Waals surface area contributed by atoms with Gasteiger partial charge in [-0.15, -0.1) is 0 Å². The van der Waals surface area contributed by atoms with Crippen molar-refractivity contribution in [3.63, 3.8) is 0 Å². The van der Waals surface area contributed by atoms with Crippen molar-refractivity contribution in [1.29, 1.82) is 0 Å². The predicted molar refractivity (Wildman–Crippen MR) is 97.5 cm³/mol. The maximum Gasteiger partial charge on any atom is 0.416 e. The smallest absolute Gasteiger partial charge is 0.310 e. The number of hydrogen-bond donors (Lipinski definition) is 1. The number of nitrogens with zero attached hydrogens (tertiary/aromatic N) is 2. The molecule has 0 aliphatic carbocycles. The summed E-state index contributed by atoms with van der Waals surface area (Å²) in [5, 5.41) is -0.149. The zero-order valence-electron chi connectivity index (χ0n) is 14.9. The highest BCUT2D eigenvalue weighted by Crippen LogP contribution is 2.30. The van der Waals surface area contributed by atoms with Crippen LogP contribution in [0.4, 0.5) is 13.2 Å². The predicted octanol–water partition coefficient (Wildman–Crippen LogP) is 3.17. The van der Waals surface area contributed by atoms with Crippen LogP contribution in [0.3, 0.4) is 0 Å². The Morgan fingerprint density at radius 1 is 0.966 bits per heavy atom. The summed E-state index contributed by atoms with van der Waals surface area (Å²) in [6.45, 7) is 0.140. The topological polar surface area (TPSA) is 83.1 Å². The number of aromatic nitrogens is 2. The van der Waals surface area contributed by atoms with E-state index in [4.69, 9.17) is 0 Å². The van der Waals surface area contributed by atoms with Gasteiger partial charge in [-0.2, -0.15) is 13.2 Å². The summed E-state index contributed by atoms with van der Waals surface area (Å²) >= 11 is 0. The monoisotopic (exact) mass is 401 g/mol. The van der Waals surface area contributed by atoms with E-state index in [1.54, 1.807) is 24.3 Å². The van der Waals surface area contributed by atoms with Crippen LogP contribution < -0.4 is 5.56 Å². The van der Waals surface area contributed by atoms with Crippen molar-refractivity contribution < 1.29 is 22.8 Å². The third-order valence-corrected chi connectivity index (χ3v) is 4.76. The molecule has 2 amide bonds. The molecule has 2 heterocycles. The lowest BCUT2D eigenvalue weighted by Crippen LogP contribution is -2.31. The van der Waals surface area contributed by atoms with Crippen LogP contribution in [0.5, 0.6) is 0 Å². The molecule has 0 fully saturated rings. The number of imide groups is 1. The summed E-state index contributed by atoms with van der Waals surface area (Å²) in [6.07, 6.45) is -3.95. The van der Waals surface area contributed by atoms with E-state index >= 15 is 0 Å². The van der Waals surface area contributed by atoms with Crippen LogP contribution in [0.25, 0.3) is 10.9 Å². The van der Waals surface area contributed by atoms with Gasteiger partial charge < -0.3 is 4.98 Å². The van der Waals surface area contributed by atoms with Gasteiger partial charge in [0.2, 0.25) is 0 Å². The van der Waals surface area contributed by atoms with Crippen LogP contribution in [0.15, 0.2) is 47.3 Å². The molecule has 0 bridgehead atoms. The highest BCUT2D eigenvalue weighted by molar-refractivity contribution is 6.21. The Hall–Kier alpha value is -3.49. The fourth-order valence-electron chi connectivity index (χ4n) is 3.33. The number of carbonyl (C=O) groups excluding carboxylic acids is 2. The molecule has 3 aromatic rings. The first kappa shape index (κ1) is 18.9. The number of benzene rings is 2. The van der Waals surface area contributed by atoms with Crippen molar-refractivity contribution in [3.05, 3.63) is 75.3 Å². The summed E-state index contributed by atoms with van der Waals surface area (Å²) in [5.74, 6) is -0.464. The summed E-state index contributed by atoms with van der Waals surface area (Å²) < 4.78 is 38.4. The van der Waals surface area contributed by atoms with Crippen LogP contribution in [-0.4, -0.2) is 33.2 Å². The van der Waals surface area contributed by atoms with Crippen molar-refractivity contribution in [2.75, 3.05) is 6.54 Å². The second-order valence-electron chi connectivity index (χ2n) is 6.65. The van der Waals surface area contributed by atoms with Gasteiger partial charge in [0, 0.05) is 13.0 Å². The van der Waals surface area contributed by atoms with Gasteiger partial charge in [0.05, 0.1) is 27.6 Å². The normalized spacial score (nSPS) is 14.0. The molecule has 0 saturated heterocycles. The van der Waals surface area contributed by atoms with E-state index in [-0.39, 0.29) is 41.5 Å². The Kier molecular flexibility index (Phi) is 4.45. The number of nitrogens with one attached hydrogen (secondary N) is 1. The highest BCUT2D eigenvalue weighted by Gasteiger charge is 2.34. The van der Waals surface area contributed by atoms with E-state index in [9.17, 15) is 27.6 Å². The van der Waals surface area contributed by atoms with E-state index in [0.717, 1.165) is 23.1 Å². The first-order chi connectivity index (χ1) is 13.8. The molecule has 9 heteroatoms. The molecule has 0 atom stereocenters. The molecule has 0 spiro atoms. The van der Waals surface area contributed by atoms with Crippen LogP contribution in [0.2, 0.25) is 0 Å². The maximum absolute atomic E-state index is 12.8. The molecule has 2 aromatic carbocycles. The molecule has 1 aromatic heterocycles. The lowest BCUT2D eigenvalue weighted by molar-refractivity contribution is -0.137. The second kappa shape index (κ2) is 6.84. The summed E-state index contributed by atoms with van der Waals surface area (Å²) in [4.78, 5) is 44.6. The number of amides is 2. The molecule has 1 aliphatic rings. The Bertz CT molecular complexity index is 1170. The quantitative estimate of drug-likeness (QED) is 0.681. The lowest BCUT2D eigenvalue weighted by Gasteiger charge is -2.13. The van der Waals surface area contributed by atoms with Crippen LogP contribution in [0, 0.1) is 0 Å². The van der Waals surface area contributed by atoms with Crippen molar-refractivity contribution in [2.24, 2.45) is 0 Å². The Morgan fingerprint density at radius 3 is 2.24 bits per heavy atom. The molecule has 4 rings (SSSR count). The SMILES string of the molecule is O=C1c2ccccc2C(=O)N1CCCc1nc2ccc(C(F)(F)F)cc2c(=O)[nH]1. The molecule has 0 unspecified atom stereocenters. The van der Waals surface area contributed by atoms with Gasteiger partial charge in [-0.05, 0) is 36.8 Å². The molecule has 1 N–H and O–H groups in total. The highest BCUT2D eigenvalue weighted by atomic mass is 19.4. The summed E-state index contributed by atoms with van der Waals surface area (Å²) in [6, 6.07) is 9.34. The molecular weight excluding hydrogens is 387 g/mol. The minimum Gasteiger partial charge on any atom is -0.310 e. The Balaban J connectivity index is 1.49. The average molecular weight is 401 g/mol. The van der Waals surface area contributed by atoms with Gasteiger partial charge in [0.1, 0.15) is 5.82 Å². The fraction of sp³-hybridized carbons (Fsp3) is 0.200. The number of halogens is 3. The largest absolute Gasteiger partial charge is 0.416 e. The number of hydrogen-bond acceptors (Lipinski definition) is 4. The number of aromatic amines is 1. The van der Waals surface area contributed by atoms with Crippen molar-refractivity contribution >= 4 is 22.7 Å². The van der Waals surface area contributed by atoms with Gasteiger partial charge in [-0.3, -0.25) is 19.3 Å². The number of fused-ring (bicyclic) bond motifs is 2. The zero-order valence-corrected chi connectivity index (χ0v) is 14.9. The van der Waals surface area contributed by atoms with E-state index in [1.807, 2.05) is 0 Å². The number of H-pyrrole nitrogens is 1. The fourth-order valence-corrected chi connectivity index (χ4v) is 3.33. The van der Waals surface area contributed by atoms with Gasteiger partial charge in [-0.1, -0.05) is 12.1 Å². The second-order valence-corrected chi connectivity index (χ2v) is 6.65. The molecule has 0 saturated carbocycles. The Morgan fingerprint density at radius 2 is 1.62 bits per heavy atom. The first-order valence-electron chi connectivity index (χ1n) is 8.81. The van der Waals surface area contributed by atoms with Crippen LogP contribution >= 0.6 is 0 Å². The van der Waals surface area contributed by atoms with E-state index in [0.29, 0.717) is 17.5 Å². The standard InChI is InChI=1S/C20H14F3N3O3/c21-20(22,23)11-7-8-15-14(10-11)17(27)25-16(24-15)6-3-9-26-18(28)12-4-1-2-5-13(12)19(26)29/h1-2,4-5,7-8,10H,3,6,9H2,(H,24,25,27). The van der Waals surface area contributed by atoms with E-state index in [2.05, 4.69) is 9.97 Å². The molecule has 0 radical (unpaired) electrons. The van der Waals surface area contributed by atoms with E-state index < -0.39 is 17.3 Å². The minimum absolute atomic E-state index is 0.140. The number of aryl methyl sites for hydroxylation is 1. The van der Waals surface area contributed by atoms with Gasteiger partial charge in [0.25, 0.3) is 17.4 Å². The molecule has 29 heavy (non-hydrogen) atoms. The molecule has 1 aliphatic heterocycles. The molecule has 148 valence electrons. The zero-order chi connectivity index (χ0) is 20.8. The minimum atomic E-state index is -4.55. The number of alkyl halides is 3. The van der Waals surface area contributed by atoms with Crippen molar-refractivity contribution in [1.82, 2.24) is 14.9 Å². The lowest BCUT2D eigenvalue weighted by atomic mass is 10.1. The van der Waals surface area contributed by atoms with Crippen LogP contribution in [-0.2, 0) is 12.6 Å². The number of carbonyl (C=O) groups is 2. The third kappa shape index (κ3) is 3.39. The van der Waals surface area contributed by atoms with Gasteiger partial charge >= 0.3 is 6.18 Å². The Labute approximate surface area is 162 Å².